The third-order valence-electron chi connectivity index (χ3n) is 0.991. The maximum Gasteiger partial charge on any atom is 0.0396 e. The number of nitrogens with two attached hydrogens (primary N) is 1. The lowest BCUT2D eigenvalue weighted by molar-refractivity contribution is -0.0938. The van der Waals surface area contributed by atoms with Crippen molar-refractivity contribution in [2.45, 2.75) is 26.2 Å². The molecule has 3 nitrogen and oxygen atoms in total. The second kappa shape index (κ2) is 5.03. The number of hydrogen-bond donors (Lipinski definition) is 2. The van der Waals surface area contributed by atoms with E-state index in [0.29, 0.717) is 6.54 Å². The van der Waals surface area contributed by atoms with E-state index in [1.54, 1.807) is 0 Å². The molecule has 0 unspecified atom stereocenters. The lowest BCUT2D eigenvalue weighted by Gasteiger charge is -2.04. The fourth-order valence-corrected chi connectivity index (χ4v) is 0.524. The van der Waals surface area contributed by atoms with Crippen LogP contribution < -0.4 is 5.84 Å². The van der Waals surface area contributed by atoms with Gasteiger partial charge >= 0.3 is 0 Å². The van der Waals surface area contributed by atoms with E-state index in [-0.39, 0.29) is 0 Å². The van der Waals surface area contributed by atoms with Crippen molar-refractivity contribution >= 4 is 0 Å². The highest BCUT2D eigenvalue weighted by atomic mass is 16.5. The first-order valence-electron chi connectivity index (χ1n) is 2.98. The minimum absolute atomic E-state index is 0.577. The molecule has 0 fully saturated rings. The van der Waals surface area contributed by atoms with Crippen LogP contribution in [0.4, 0.5) is 0 Å². The van der Waals surface area contributed by atoms with Crippen molar-refractivity contribution in [1.82, 2.24) is 5.17 Å². The average molecular weight is 118 g/mol. The van der Waals surface area contributed by atoms with Crippen LogP contribution in [0.5, 0.6) is 0 Å². The molecule has 0 aliphatic rings. The number of hydroxylamine groups is 1. The van der Waals surface area contributed by atoms with Gasteiger partial charge in [-0.3, -0.25) is 5.21 Å². The number of hydrogen-bond acceptors (Lipinski definition) is 3. The quantitative estimate of drug-likeness (QED) is 0.325. The summed E-state index contributed by atoms with van der Waals surface area (Å²) in [5.74, 6) is 4.92. The summed E-state index contributed by atoms with van der Waals surface area (Å²) in [4.78, 5) is 0. The van der Waals surface area contributed by atoms with Crippen molar-refractivity contribution in [1.29, 1.82) is 0 Å². The first-order chi connectivity index (χ1) is 3.77. The van der Waals surface area contributed by atoms with Crippen molar-refractivity contribution in [3.05, 3.63) is 0 Å². The summed E-state index contributed by atoms with van der Waals surface area (Å²) in [6.45, 7) is 2.69. The summed E-state index contributed by atoms with van der Waals surface area (Å²) < 4.78 is 0. The van der Waals surface area contributed by atoms with E-state index in [2.05, 4.69) is 6.92 Å². The standard InChI is InChI=1S/C5H14N2O/c1-2-3-4-5-7(6)8/h8H,2-6H2,1H3. The Labute approximate surface area is 50.0 Å². The highest BCUT2D eigenvalue weighted by Gasteiger charge is 1.88. The van der Waals surface area contributed by atoms with Crippen LogP contribution in [0.1, 0.15) is 26.2 Å². The molecular formula is C5H14N2O. The second-order valence-electron chi connectivity index (χ2n) is 1.87. The highest BCUT2D eigenvalue weighted by Crippen LogP contribution is 1.92. The Bertz CT molecular complexity index is 47.7. The summed E-state index contributed by atoms with van der Waals surface area (Å²) in [6, 6.07) is 0. The van der Waals surface area contributed by atoms with Gasteiger partial charge < -0.3 is 0 Å². The van der Waals surface area contributed by atoms with Crippen molar-refractivity contribution in [2.24, 2.45) is 5.84 Å². The molecular weight excluding hydrogens is 104 g/mol. The normalized spacial score (nSPS) is 10.5. The predicted octanol–water partition coefficient (Wildman–Crippen LogP) is 0.742. The van der Waals surface area contributed by atoms with Crippen LogP contribution in [-0.2, 0) is 0 Å². The summed E-state index contributed by atoms with van der Waals surface area (Å²) >= 11 is 0. The van der Waals surface area contributed by atoms with Gasteiger partial charge in [0.05, 0.1) is 0 Å². The van der Waals surface area contributed by atoms with Crippen LogP contribution >= 0.6 is 0 Å². The first kappa shape index (κ1) is 7.88. The van der Waals surface area contributed by atoms with Crippen LogP contribution in [0.2, 0.25) is 0 Å². The SMILES string of the molecule is CCCCCN(N)O. The molecule has 0 heterocycles. The Balaban J connectivity index is 2.72. The van der Waals surface area contributed by atoms with Gasteiger partial charge in [0.2, 0.25) is 0 Å². The molecule has 0 aromatic heterocycles. The van der Waals surface area contributed by atoms with Crippen molar-refractivity contribution in [2.75, 3.05) is 6.54 Å². The largest absolute Gasteiger partial charge is 0.299 e. The maximum atomic E-state index is 8.39. The number of hydrazine groups is 1. The zero-order valence-electron chi connectivity index (χ0n) is 5.30. The summed E-state index contributed by atoms with van der Waals surface area (Å²) in [6.07, 6.45) is 3.27. The second-order valence-corrected chi connectivity index (χ2v) is 1.87. The predicted molar refractivity (Wildman–Crippen MR) is 32.2 cm³/mol. The van der Waals surface area contributed by atoms with Crippen LogP contribution in [0.15, 0.2) is 0 Å². The van der Waals surface area contributed by atoms with Gasteiger partial charge in [-0.05, 0) is 6.42 Å². The van der Waals surface area contributed by atoms with Crippen molar-refractivity contribution in [3.63, 3.8) is 0 Å². The molecule has 3 N–H and O–H groups in total. The van der Waals surface area contributed by atoms with E-state index in [0.717, 1.165) is 24.4 Å². The Kier molecular flexibility index (Phi) is 4.95. The Morgan fingerprint density at radius 3 is 2.50 bits per heavy atom. The maximum absolute atomic E-state index is 8.39. The summed E-state index contributed by atoms with van der Waals surface area (Å²) in [5, 5.41) is 9.12. The fraction of sp³-hybridized carbons (Fsp3) is 1.00. The van der Waals surface area contributed by atoms with Gasteiger partial charge in [0.15, 0.2) is 0 Å². The molecule has 0 aromatic rings. The molecule has 50 valence electrons. The number of unbranched alkanes of at least 4 members (excludes halogenated alkanes) is 2. The van der Waals surface area contributed by atoms with Gasteiger partial charge in [-0.2, -0.15) is 0 Å². The molecule has 3 heteroatoms. The van der Waals surface area contributed by atoms with E-state index in [1.165, 1.54) is 0 Å². The van der Waals surface area contributed by atoms with E-state index >= 15 is 0 Å². The minimum atomic E-state index is 0.577. The summed E-state index contributed by atoms with van der Waals surface area (Å²) in [5.41, 5.74) is 0. The molecule has 0 radical (unpaired) electrons. The Morgan fingerprint density at radius 2 is 2.12 bits per heavy atom. The van der Waals surface area contributed by atoms with Gasteiger partial charge in [-0.15, -0.1) is 5.17 Å². The van der Waals surface area contributed by atoms with Gasteiger partial charge in [0.25, 0.3) is 0 Å². The van der Waals surface area contributed by atoms with E-state index in [4.69, 9.17) is 11.0 Å². The topological polar surface area (TPSA) is 49.5 Å². The number of nitrogens with zero attached hydrogens (tertiary/aromatic N) is 1. The van der Waals surface area contributed by atoms with E-state index < -0.39 is 0 Å². The van der Waals surface area contributed by atoms with Gasteiger partial charge in [0, 0.05) is 6.54 Å². The van der Waals surface area contributed by atoms with E-state index in [1.807, 2.05) is 0 Å². The fourth-order valence-electron chi connectivity index (χ4n) is 0.524. The molecule has 0 rings (SSSR count). The zero-order chi connectivity index (χ0) is 6.41. The van der Waals surface area contributed by atoms with Crippen LogP contribution in [0, 0.1) is 0 Å². The molecule has 0 aliphatic heterocycles. The lowest BCUT2D eigenvalue weighted by atomic mass is 10.2. The van der Waals surface area contributed by atoms with E-state index in [9.17, 15) is 0 Å². The average Bonchev–Trinajstić information content (AvgIpc) is 1.66. The van der Waals surface area contributed by atoms with Crippen molar-refractivity contribution < 1.29 is 5.21 Å². The molecule has 0 spiro atoms. The molecule has 8 heavy (non-hydrogen) atoms. The number of rotatable bonds is 4. The molecule has 0 bridgehead atoms. The monoisotopic (exact) mass is 118 g/mol. The first-order valence-corrected chi connectivity index (χ1v) is 2.98. The van der Waals surface area contributed by atoms with Gasteiger partial charge in [-0.1, -0.05) is 19.8 Å². The third-order valence-corrected chi connectivity index (χ3v) is 0.991. The molecule has 0 aliphatic carbocycles. The lowest BCUT2D eigenvalue weighted by Crippen LogP contribution is -2.27. The van der Waals surface area contributed by atoms with Crippen molar-refractivity contribution in [3.8, 4) is 0 Å². The Hall–Kier alpha value is -0.120. The van der Waals surface area contributed by atoms with Crippen LogP contribution in [0.3, 0.4) is 0 Å². The molecule has 0 aromatic carbocycles. The molecule has 0 saturated carbocycles. The molecule has 0 saturated heterocycles. The van der Waals surface area contributed by atoms with Gasteiger partial charge in [0.1, 0.15) is 0 Å². The summed E-state index contributed by atoms with van der Waals surface area (Å²) in [7, 11) is 0. The zero-order valence-corrected chi connectivity index (χ0v) is 5.30. The molecule has 0 amide bonds. The van der Waals surface area contributed by atoms with Gasteiger partial charge in [-0.25, -0.2) is 5.84 Å². The highest BCUT2D eigenvalue weighted by molar-refractivity contribution is 4.37. The Morgan fingerprint density at radius 1 is 1.50 bits per heavy atom. The minimum Gasteiger partial charge on any atom is -0.299 e. The van der Waals surface area contributed by atoms with Crippen LogP contribution in [0.25, 0.3) is 0 Å². The molecule has 0 atom stereocenters. The third kappa shape index (κ3) is 5.88. The smallest absolute Gasteiger partial charge is 0.0396 e. The van der Waals surface area contributed by atoms with Crippen LogP contribution in [-0.4, -0.2) is 16.9 Å².